The molecule has 0 amide bonds. The Kier molecular flexibility index (Phi) is 3.78. The van der Waals surface area contributed by atoms with Crippen LogP contribution in [0.3, 0.4) is 0 Å². The lowest BCUT2D eigenvalue weighted by molar-refractivity contribution is 0.598. The second kappa shape index (κ2) is 5.19. The molecule has 0 heterocycles. The van der Waals surface area contributed by atoms with Gasteiger partial charge in [0.2, 0.25) is 0 Å². The summed E-state index contributed by atoms with van der Waals surface area (Å²) in [5.41, 5.74) is 0.731. The first-order chi connectivity index (χ1) is 8.90. The molecular formula is C13H11ClFNO2S. The quantitative estimate of drug-likeness (QED) is 0.941. The summed E-state index contributed by atoms with van der Waals surface area (Å²) in [6.07, 6.45) is 0. The summed E-state index contributed by atoms with van der Waals surface area (Å²) in [5, 5.41) is 0.101. The van der Waals surface area contributed by atoms with Gasteiger partial charge in [0.05, 0.1) is 10.7 Å². The van der Waals surface area contributed by atoms with Gasteiger partial charge >= 0.3 is 0 Å². The Hall–Kier alpha value is -1.59. The molecule has 0 radical (unpaired) electrons. The monoisotopic (exact) mass is 299 g/mol. The molecule has 0 unspecified atom stereocenters. The van der Waals surface area contributed by atoms with Gasteiger partial charge in [0.25, 0.3) is 10.0 Å². The topological polar surface area (TPSA) is 46.2 Å². The standard InChI is InChI=1S/C13H11ClFNO2S/c1-9-6-7-13(10(14)8-9)19(17,18)16-12-5-3-2-4-11(12)15/h2-8,16H,1H3. The normalized spacial score (nSPS) is 11.3. The van der Waals surface area contributed by atoms with Gasteiger partial charge in [0.1, 0.15) is 10.7 Å². The van der Waals surface area contributed by atoms with Crippen LogP contribution < -0.4 is 4.72 Å². The summed E-state index contributed by atoms with van der Waals surface area (Å²) >= 11 is 5.91. The van der Waals surface area contributed by atoms with Crippen molar-refractivity contribution >= 4 is 27.3 Å². The van der Waals surface area contributed by atoms with Crippen molar-refractivity contribution in [1.82, 2.24) is 0 Å². The maximum Gasteiger partial charge on any atom is 0.263 e. The van der Waals surface area contributed by atoms with E-state index in [-0.39, 0.29) is 15.6 Å². The van der Waals surface area contributed by atoms with Crippen molar-refractivity contribution in [2.24, 2.45) is 0 Å². The van der Waals surface area contributed by atoms with E-state index in [4.69, 9.17) is 11.6 Å². The van der Waals surface area contributed by atoms with E-state index in [0.29, 0.717) is 0 Å². The van der Waals surface area contributed by atoms with Crippen LogP contribution in [0.15, 0.2) is 47.4 Å². The Labute approximate surface area is 116 Å². The number of hydrogen-bond acceptors (Lipinski definition) is 2. The van der Waals surface area contributed by atoms with Gasteiger partial charge in [0.15, 0.2) is 0 Å². The molecular weight excluding hydrogens is 289 g/mol. The van der Waals surface area contributed by atoms with E-state index in [0.717, 1.165) is 5.56 Å². The first-order valence-corrected chi connectivity index (χ1v) is 7.30. The second-order valence-corrected chi connectivity index (χ2v) is 6.08. The molecule has 2 aromatic rings. The molecule has 100 valence electrons. The third kappa shape index (κ3) is 3.05. The number of sulfonamides is 1. The zero-order chi connectivity index (χ0) is 14.0. The van der Waals surface area contributed by atoms with Gasteiger partial charge in [-0.3, -0.25) is 4.72 Å². The van der Waals surface area contributed by atoms with E-state index in [1.54, 1.807) is 13.0 Å². The minimum atomic E-state index is -3.91. The maximum atomic E-state index is 13.4. The highest BCUT2D eigenvalue weighted by Gasteiger charge is 2.19. The minimum Gasteiger partial charge on any atom is -0.277 e. The number of rotatable bonds is 3. The summed E-state index contributed by atoms with van der Waals surface area (Å²) in [7, 11) is -3.91. The van der Waals surface area contributed by atoms with Crippen molar-refractivity contribution in [2.75, 3.05) is 4.72 Å². The Bertz CT molecular complexity index is 716. The van der Waals surface area contributed by atoms with Crippen LogP contribution in [-0.2, 0) is 10.0 Å². The number of nitrogens with one attached hydrogen (secondary N) is 1. The second-order valence-electron chi connectivity index (χ2n) is 4.02. The first kappa shape index (κ1) is 13.8. The van der Waals surface area contributed by atoms with Crippen LogP contribution in [0, 0.1) is 12.7 Å². The molecule has 0 atom stereocenters. The van der Waals surface area contributed by atoms with E-state index in [2.05, 4.69) is 4.72 Å². The van der Waals surface area contributed by atoms with Gasteiger partial charge in [-0.15, -0.1) is 0 Å². The molecule has 0 aliphatic rings. The van der Waals surface area contributed by atoms with Crippen molar-refractivity contribution in [3.63, 3.8) is 0 Å². The number of para-hydroxylation sites is 1. The molecule has 0 saturated carbocycles. The molecule has 0 saturated heterocycles. The van der Waals surface area contributed by atoms with Crippen LogP contribution in [0.25, 0.3) is 0 Å². The molecule has 6 heteroatoms. The summed E-state index contributed by atoms with van der Waals surface area (Å²) in [6.45, 7) is 1.80. The smallest absolute Gasteiger partial charge is 0.263 e. The predicted octanol–water partition coefficient (Wildman–Crippen LogP) is 3.59. The van der Waals surface area contributed by atoms with Gasteiger partial charge in [-0.25, -0.2) is 12.8 Å². The molecule has 2 rings (SSSR count). The molecule has 19 heavy (non-hydrogen) atoms. The van der Waals surface area contributed by atoms with Gasteiger partial charge in [-0.2, -0.15) is 0 Å². The van der Waals surface area contributed by atoms with Gasteiger partial charge < -0.3 is 0 Å². The SMILES string of the molecule is Cc1ccc(S(=O)(=O)Nc2ccccc2F)c(Cl)c1. The highest BCUT2D eigenvalue weighted by atomic mass is 35.5. The molecule has 3 nitrogen and oxygen atoms in total. The molecule has 0 aliphatic carbocycles. The highest BCUT2D eigenvalue weighted by molar-refractivity contribution is 7.92. The van der Waals surface area contributed by atoms with E-state index >= 15 is 0 Å². The maximum absolute atomic E-state index is 13.4. The minimum absolute atomic E-state index is 0.0805. The fourth-order valence-corrected chi connectivity index (χ4v) is 3.24. The highest BCUT2D eigenvalue weighted by Crippen LogP contribution is 2.25. The summed E-state index contributed by atoms with van der Waals surface area (Å²) in [5.74, 6) is -0.644. The fraction of sp³-hybridized carbons (Fsp3) is 0.0769. The van der Waals surface area contributed by atoms with Crippen LogP contribution >= 0.6 is 11.6 Å². The Morgan fingerprint density at radius 2 is 1.84 bits per heavy atom. The lowest BCUT2D eigenvalue weighted by Gasteiger charge is -2.10. The number of hydrogen-bond donors (Lipinski definition) is 1. The molecule has 0 spiro atoms. The number of benzene rings is 2. The Balaban J connectivity index is 2.41. The van der Waals surface area contributed by atoms with E-state index < -0.39 is 15.8 Å². The zero-order valence-corrected chi connectivity index (χ0v) is 11.6. The summed E-state index contributed by atoms with van der Waals surface area (Å²) in [4.78, 5) is -0.0805. The lowest BCUT2D eigenvalue weighted by Crippen LogP contribution is -2.14. The summed E-state index contributed by atoms with van der Waals surface area (Å²) < 4.78 is 39.9. The third-order valence-electron chi connectivity index (χ3n) is 2.50. The van der Waals surface area contributed by atoms with Crippen LogP contribution in [0.2, 0.25) is 5.02 Å². The Morgan fingerprint density at radius 3 is 2.47 bits per heavy atom. The van der Waals surface area contributed by atoms with Crippen LogP contribution in [0.4, 0.5) is 10.1 Å². The van der Waals surface area contributed by atoms with Crippen molar-refractivity contribution in [3.8, 4) is 0 Å². The number of aryl methyl sites for hydroxylation is 1. The zero-order valence-electron chi connectivity index (χ0n) is 10.0. The van der Waals surface area contributed by atoms with Gasteiger partial charge in [0, 0.05) is 0 Å². The Morgan fingerprint density at radius 1 is 1.16 bits per heavy atom. The van der Waals surface area contributed by atoms with Crippen LogP contribution in [0.1, 0.15) is 5.56 Å². The average Bonchev–Trinajstić information content (AvgIpc) is 2.31. The van der Waals surface area contributed by atoms with E-state index in [9.17, 15) is 12.8 Å². The fourth-order valence-electron chi connectivity index (χ4n) is 1.57. The average molecular weight is 300 g/mol. The molecule has 1 N–H and O–H groups in total. The molecule has 2 aromatic carbocycles. The van der Waals surface area contributed by atoms with Crippen molar-refractivity contribution in [2.45, 2.75) is 11.8 Å². The van der Waals surface area contributed by atoms with Crippen molar-refractivity contribution in [3.05, 3.63) is 58.9 Å². The largest absolute Gasteiger partial charge is 0.277 e. The lowest BCUT2D eigenvalue weighted by atomic mass is 10.2. The number of halogens is 2. The van der Waals surface area contributed by atoms with Crippen molar-refractivity contribution in [1.29, 1.82) is 0 Å². The van der Waals surface area contributed by atoms with E-state index in [1.165, 1.54) is 36.4 Å². The third-order valence-corrected chi connectivity index (χ3v) is 4.34. The summed E-state index contributed by atoms with van der Waals surface area (Å²) in [6, 6.07) is 10.1. The molecule has 0 fully saturated rings. The van der Waals surface area contributed by atoms with Crippen LogP contribution in [0.5, 0.6) is 0 Å². The number of anilines is 1. The first-order valence-electron chi connectivity index (χ1n) is 5.43. The van der Waals surface area contributed by atoms with Crippen LogP contribution in [-0.4, -0.2) is 8.42 Å². The van der Waals surface area contributed by atoms with E-state index in [1.807, 2.05) is 0 Å². The van der Waals surface area contributed by atoms with Gasteiger partial charge in [-0.1, -0.05) is 29.8 Å². The molecule has 0 aromatic heterocycles. The van der Waals surface area contributed by atoms with Gasteiger partial charge in [-0.05, 0) is 36.8 Å². The van der Waals surface area contributed by atoms with Crippen molar-refractivity contribution < 1.29 is 12.8 Å². The predicted molar refractivity (Wildman–Crippen MR) is 73.4 cm³/mol. The molecule has 0 aliphatic heterocycles. The molecule has 0 bridgehead atoms.